The third-order valence-electron chi connectivity index (χ3n) is 1.66. The Labute approximate surface area is 63.1 Å². The van der Waals surface area contributed by atoms with Crippen LogP contribution in [0.2, 0.25) is 0 Å². The second-order valence-electron chi connectivity index (χ2n) is 3.89. The highest BCUT2D eigenvalue weighted by molar-refractivity contribution is 7.60. The van der Waals surface area contributed by atoms with Crippen LogP contribution in [0.3, 0.4) is 0 Å². The van der Waals surface area contributed by atoms with Crippen molar-refractivity contribution in [3.05, 3.63) is 0 Å². The lowest BCUT2D eigenvalue weighted by Crippen LogP contribution is -2.19. The van der Waals surface area contributed by atoms with Crippen LogP contribution >= 0.6 is 7.37 Å². The van der Waals surface area contributed by atoms with E-state index < -0.39 is 12.5 Å². The Morgan fingerprint density at radius 2 is 1.60 bits per heavy atom. The first kappa shape index (κ1) is 10.2. The van der Waals surface area contributed by atoms with Crippen molar-refractivity contribution >= 4 is 7.37 Å². The maximum absolute atomic E-state index is 11.5. The third kappa shape index (κ3) is 1.83. The highest BCUT2D eigenvalue weighted by Crippen LogP contribution is 2.57. The van der Waals surface area contributed by atoms with Crippen molar-refractivity contribution in [1.82, 2.24) is 0 Å². The van der Waals surface area contributed by atoms with Crippen molar-refractivity contribution in [3.8, 4) is 0 Å². The Morgan fingerprint density at radius 1 is 1.30 bits per heavy atom. The molecule has 0 fully saturated rings. The van der Waals surface area contributed by atoms with Crippen LogP contribution in [0.4, 0.5) is 0 Å². The first-order valence-electron chi connectivity index (χ1n) is 3.52. The molecule has 2 nitrogen and oxygen atoms in total. The molecular weight excluding hydrogens is 147 g/mol. The lowest BCUT2D eigenvalue weighted by Gasteiger charge is -2.28. The van der Waals surface area contributed by atoms with E-state index in [0.717, 1.165) is 0 Å². The molecule has 10 heavy (non-hydrogen) atoms. The van der Waals surface area contributed by atoms with Crippen LogP contribution in [0.5, 0.6) is 0 Å². The molecule has 3 heteroatoms. The molecule has 1 atom stereocenters. The van der Waals surface area contributed by atoms with Crippen molar-refractivity contribution in [2.45, 2.75) is 45.4 Å². The van der Waals surface area contributed by atoms with E-state index in [2.05, 4.69) is 0 Å². The molecule has 0 aliphatic rings. The molecule has 0 aliphatic heterocycles. The van der Waals surface area contributed by atoms with Gasteiger partial charge in [0.2, 0.25) is 7.37 Å². The molecule has 0 saturated carbocycles. The molecule has 0 aromatic rings. The van der Waals surface area contributed by atoms with Crippen LogP contribution in [0.15, 0.2) is 0 Å². The molecule has 1 N–H and O–H groups in total. The van der Waals surface area contributed by atoms with Gasteiger partial charge in [-0.25, -0.2) is 0 Å². The first-order valence-corrected chi connectivity index (χ1v) is 5.25. The van der Waals surface area contributed by atoms with Gasteiger partial charge in [-0.1, -0.05) is 34.6 Å². The predicted molar refractivity (Wildman–Crippen MR) is 44.7 cm³/mol. The third-order valence-corrected chi connectivity index (χ3v) is 4.98. The van der Waals surface area contributed by atoms with Crippen LogP contribution in [-0.2, 0) is 4.57 Å². The molecule has 0 saturated heterocycles. The molecule has 0 aliphatic carbocycles. The van der Waals surface area contributed by atoms with Gasteiger partial charge in [0.05, 0.1) is 0 Å². The van der Waals surface area contributed by atoms with E-state index in [9.17, 15) is 9.46 Å². The smallest absolute Gasteiger partial charge is 0.208 e. The fourth-order valence-electron chi connectivity index (χ4n) is 0.775. The molecule has 0 amide bonds. The van der Waals surface area contributed by atoms with E-state index in [0.29, 0.717) is 0 Å². The molecule has 62 valence electrons. The van der Waals surface area contributed by atoms with Gasteiger partial charge in [0.15, 0.2) is 0 Å². The van der Waals surface area contributed by atoms with Crippen LogP contribution in [0.25, 0.3) is 0 Å². The summed E-state index contributed by atoms with van der Waals surface area (Å²) in [5.41, 5.74) is -0.132. The maximum Gasteiger partial charge on any atom is 0.208 e. The molecular formula is C7H17O2P. The highest BCUT2D eigenvalue weighted by Gasteiger charge is 2.36. The lowest BCUT2D eigenvalue weighted by atomic mass is 10.3. The zero-order valence-corrected chi connectivity index (χ0v) is 8.27. The van der Waals surface area contributed by atoms with Gasteiger partial charge in [0.25, 0.3) is 0 Å². The van der Waals surface area contributed by atoms with Gasteiger partial charge in [0, 0.05) is 10.8 Å². The largest absolute Gasteiger partial charge is 0.344 e. The fraction of sp³-hybridized carbons (Fsp3) is 1.00. The molecule has 0 bridgehead atoms. The summed E-state index contributed by atoms with van der Waals surface area (Å²) in [6, 6.07) is 0. The van der Waals surface area contributed by atoms with E-state index in [1.54, 1.807) is 34.6 Å². The Hall–Kier alpha value is 0.190. The number of hydrogen-bond acceptors (Lipinski definition) is 1. The Kier molecular flexibility index (Phi) is 2.72. The summed E-state index contributed by atoms with van der Waals surface area (Å²) in [7, 11) is -2.95. The number of rotatable bonds is 1. The molecule has 0 aromatic carbocycles. The molecule has 1 unspecified atom stereocenters. The van der Waals surface area contributed by atoms with Gasteiger partial charge in [-0.15, -0.1) is 0 Å². The summed E-state index contributed by atoms with van der Waals surface area (Å²) in [6.07, 6.45) is 0. The maximum atomic E-state index is 11.5. The Bertz CT molecular complexity index is 155. The fourth-order valence-corrected chi connectivity index (χ4v) is 2.32. The van der Waals surface area contributed by atoms with Gasteiger partial charge in [-0.05, 0) is 0 Å². The van der Waals surface area contributed by atoms with Gasteiger partial charge in [-0.3, -0.25) is 4.57 Å². The zero-order valence-electron chi connectivity index (χ0n) is 7.38. The minimum absolute atomic E-state index is 0.132. The summed E-state index contributed by atoms with van der Waals surface area (Å²) in [4.78, 5) is 9.48. The number of hydrogen-bond donors (Lipinski definition) is 1. The summed E-state index contributed by atoms with van der Waals surface area (Å²) in [6.45, 7) is 8.97. The Balaban J connectivity index is 4.59. The minimum atomic E-state index is -2.95. The Morgan fingerprint density at radius 3 is 1.60 bits per heavy atom. The molecule has 0 radical (unpaired) electrons. The van der Waals surface area contributed by atoms with Crippen LogP contribution in [0, 0.1) is 0 Å². The lowest BCUT2D eigenvalue weighted by molar-refractivity contribution is 0.435. The normalized spacial score (nSPS) is 19.1. The summed E-state index contributed by atoms with van der Waals surface area (Å²) < 4.78 is 11.5. The quantitative estimate of drug-likeness (QED) is 0.604. The van der Waals surface area contributed by atoms with Gasteiger partial charge in [-0.2, -0.15) is 0 Å². The predicted octanol–water partition coefficient (Wildman–Crippen LogP) is 2.46. The van der Waals surface area contributed by atoms with Gasteiger partial charge < -0.3 is 4.89 Å². The highest BCUT2D eigenvalue weighted by atomic mass is 31.2. The standard InChI is InChI=1S/C7H17O2P/c1-6(2)10(8,9)7(3,4)5/h6H,1-5H3,(H,8,9). The van der Waals surface area contributed by atoms with Crippen LogP contribution in [0.1, 0.15) is 34.6 Å². The summed E-state index contributed by atoms with van der Waals surface area (Å²) in [5.74, 6) is 0. The molecule has 0 aromatic heterocycles. The van der Waals surface area contributed by atoms with Crippen molar-refractivity contribution in [1.29, 1.82) is 0 Å². The van der Waals surface area contributed by atoms with Crippen molar-refractivity contribution in [2.24, 2.45) is 0 Å². The molecule has 0 spiro atoms. The van der Waals surface area contributed by atoms with E-state index in [-0.39, 0.29) is 5.66 Å². The van der Waals surface area contributed by atoms with E-state index in [1.807, 2.05) is 0 Å². The van der Waals surface area contributed by atoms with E-state index in [1.165, 1.54) is 0 Å². The minimum Gasteiger partial charge on any atom is -0.344 e. The summed E-state index contributed by atoms with van der Waals surface area (Å²) >= 11 is 0. The first-order chi connectivity index (χ1) is 4.19. The average molecular weight is 164 g/mol. The van der Waals surface area contributed by atoms with E-state index >= 15 is 0 Å². The monoisotopic (exact) mass is 164 g/mol. The zero-order chi connectivity index (χ0) is 8.58. The van der Waals surface area contributed by atoms with Crippen molar-refractivity contribution < 1.29 is 9.46 Å². The van der Waals surface area contributed by atoms with Crippen molar-refractivity contribution in [3.63, 3.8) is 0 Å². The molecule has 0 rings (SSSR count). The summed E-state index contributed by atoms with van der Waals surface area (Å²) in [5, 5.41) is -0.471. The SMILES string of the molecule is CC(C)P(=O)(O)C(C)(C)C. The average Bonchev–Trinajstić information content (AvgIpc) is 1.62. The van der Waals surface area contributed by atoms with Crippen LogP contribution < -0.4 is 0 Å². The van der Waals surface area contributed by atoms with E-state index in [4.69, 9.17) is 0 Å². The topological polar surface area (TPSA) is 37.3 Å². The molecule has 0 heterocycles. The second-order valence-corrected chi connectivity index (χ2v) is 7.51. The van der Waals surface area contributed by atoms with Gasteiger partial charge >= 0.3 is 0 Å². The van der Waals surface area contributed by atoms with Crippen molar-refractivity contribution in [2.75, 3.05) is 0 Å². The van der Waals surface area contributed by atoms with Crippen LogP contribution in [-0.4, -0.2) is 15.7 Å². The second kappa shape index (κ2) is 2.67. The van der Waals surface area contributed by atoms with Gasteiger partial charge in [0.1, 0.15) is 0 Å².